The predicted octanol–water partition coefficient (Wildman–Crippen LogP) is 4.93. The molecule has 0 fully saturated rings. The highest BCUT2D eigenvalue weighted by molar-refractivity contribution is 7.13. The van der Waals surface area contributed by atoms with E-state index < -0.39 is 11.9 Å². The lowest BCUT2D eigenvalue weighted by Gasteiger charge is -2.10. The van der Waals surface area contributed by atoms with E-state index in [0.717, 1.165) is 22.3 Å². The number of halogens is 4. The zero-order valence-corrected chi connectivity index (χ0v) is 15.0. The fourth-order valence-corrected chi connectivity index (χ4v) is 3.13. The fraction of sp³-hybridized carbons (Fsp3) is 0.188. The Morgan fingerprint density at radius 1 is 1.15 bits per heavy atom. The molecule has 0 aliphatic carbocycles. The molecule has 3 rings (SSSR count). The van der Waals surface area contributed by atoms with Crippen LogP contribution in [0.4, 0.5) is 24.7 Å². The van der Waals surface area contributed by atoms with Gasteiger partial charge >= 0.3 is 6.18 Å². The summed E-state index contributed by atoms with van der Waals surface area (Å²) < 4.78 is 37.9. The lowest BCUT2D eigenvalue weighted by Crippen LogP contribution is -2.05. The van der Waals surface area contributed by atoms with Crippen molar-refractivity contribution in [3.8, 4) is 10.6 Å². The largest absolute Gasteiger partial charge is 0.434 e. The second kappa shape index (κ2) is 7.46. The third-order valence-corrected chi connectivity index (χ3v) is 4.56. The number of thiazole rings is 1. The summed E-state index contributed by atoms with van der Waals surface area (Å²) in [5, 5.41) is 7.58. The summed E-state index contributed by atoms with van der Waals surface area (Å²) >= 11 is 6.77. The van der Waals surface area contributed by atoms with E-state index in [1.54, 1.807) is 25.4 Å². The van der Waals surface area contributed by atoms with Crippen LogP contribution in [0, 0.1) is 0 Å². The Morgan fingerprint density at radius 3 is 2.50 bits per heavy atom. The van der Waals surface area contributed by atoms with Crippen molar-refractivity contribution >= 4 is 34.4 Å². The minimum atomic E-state index is -4.43. The van der Waals surface area contributed by atoms with E-state index >= 15 is 0 Å². The lowest BCUT2D eigenvalue weighted by molar-refractivity contribution is -0.140. The second-order valence-corrected chi connectivity index (χ2v) is 6.43. The van der Waals surface area contributed by atoms with Gasteiger partial charge in [0.1, 0.15) is 5.01 Å². The molecule has 0 bridgehead atoms. The number of anilines is 2. The summed E-state index contributed by atoms with van der Waals surface area (Å²) in [6.07, 6.45) is -2.86. The number of benzene rings is 1. The molecule has 0 atom stereocenters. The molecule has 10 heteroatoms. The molecule has 0 saturated heterocycles. The summed E-state index contributed by atoms with van der Waals surface area (Å²) in [4.78, 5) is 11.7. The van der Waals surface area contributed by atoms with Crippen LogP contribution in [0.5, 0.6) is 0 Å². The van der Waals surface area contributed by atoms with Crippen LogP contribution in [0.15, 0.2) is 35.8 Å². The van der Waals surface area contributed by atoms with E-state index in [9.17, 15) is 13.2 Å². The first-order valence-corrected chi connectivity index (χ1v) is 8.69. The number of alkyl halides is 3. The Morgan fingerprint density at radius 2 is 1.88 bits per heavy atom. The van der Waals surface area contributed by atoms with Crippen LogP contribution in [0.1, 0.15) is 11.3 Å². The van der Waals surface area contributed by atoms with E-state index in [1.165, 1.54) is 0 Å². The van der Waals surface area contributed by atoms with Gasteiger partial charge in [0.05, 0.1) is 11.9 Å². The normalized spacial score (nSPS) is 11.4. The number of aromatic nitrogens is 3. The van der Waals surface area contributed by atoms with Crippen molar-refractivity contribution in [1.29, 1.82) is 0 Å². The molecule has 5 nitrogen and oxygen atoms in total. The van der Waals surface area contributed by atoms with E-state index in [0.29, 0.717) is 28.6 Å². The third-order valence-electron chi connectivity index (χ3n) is 3.48. The van der Waals surface area contributed by atoms with Crippen LogP contribution in [-0.2, 0) is 12.7 Å². The minimum Gasteiger partial charge on any atom is -0.384 e. The molecule has 3 aromatic rings. The van der Waals surface area contributed by atoms with Gasteiger partial charge in [-0.25, -0.2) is 9.97 Å². The molecule has 0 saturated carbocycles. The van der Waals surface area contributed by atoms with Crippen LogP contribution < -0.4 is 10.6 Å². The molecule has 0 radical (unpaired) electrons. The van der Waals surface area contributed by atoms with Gasteiger partial charge in [0, 0.05) is 24.5 Å². The van der Waals surface area contributed by atoms with Crippen LogP contribution in [0.2, 0.25) is 5.28 Å². The van der Waals surface area contributed by atoms with E-state index in [-0.39, 0.29) is 5.28 Å². The molecule has 0 spiro atoms. The van der Waals surface area contributed by atoms with Gasteiger partial charge in [-0.15, -0.1) is 11.3 Å². The van der Waals surface area contributed by atoms with Crippen molar-refractivity contribution in [3.05, 3.63) is 52.4 Å². The monoisotopic (exact) mass is 399 g/mol. The van der Waals surface area contributed by atoms with E-state index in [1.807, 2.05) is 12.1 Å². The van der Waals surface area contributed by atoms with Gasteiger partial charge in [-0.1, -0.05) is 24.3 Å². The molecule has 0 amide bonds. The van der Waals surface area contributed by atoms with Gasteiger partial charge in [-0.05, 0) is 17.2 Å². The van der Waals surface area contributed by atoms with Crippen molar-refractivity contribution < 1.29 is 13.2 Å². The molecule has 2 aromatic heterocycles. The average Bonchev–Trinajstić information content (AvgIpc) is 3.11. The van der Waals surface area contributed by atoms with Crippen molar-refractivity contribution in [2.24, 2.45) is 0 Å². The Labute approximate surface area is 156 Å². The average molecular weight is 400 g/mol. The van der Waals surface area contributed by atoms with Crippen molar-refractivity contribution in [2.75, 3.05) is 17.7 Å². The molecular formula is C16H13ClF3N5S. The molecule has 1 aromatic carbocycles. The van der Waals surface area contributed by atoms with Gasteiger partial charge in [0.25, 0.3) is 0 Å². The third kappa shape index (κ3) is 4.23. The first-order chi connectivity index (χ1) is 12.4. The van der Waals surface area contributed by atoms with Crippen LogP contribution >= 0.6 is 22.9 Å². The van der Waals surface area contributed by atoms with E-state index in [2.05, 4.69) is 25.6 Å². The van der Waals surface area contributed by atoms with Crippen molar-refractivity contribution in [3.63, 3.8) is 0 Å². The Kier molecular flexibility index (Phi) is 5.28. The zero-order valence-electron chi connectivity index (χ0n) is 13.4. The van der Waals surface area contributed by atoms with Crippen LogP contribution in [0.25, 0.3) is 10.6 Å². The summed E-state index contributed by atoms with van der Waals surface area (Å²) in [6.45, 7) is 0.466. The highest BCUT2D eigenvalue weighted by Crippen LogP contribution is 2.33. The molecule has 0 aliphatic rings. The highest BCUT2D eigenvalue weighted by atomic mass is 35.5. The maximum Gasteiger partial charge on any atom is 0.434 e. The van der Waals surface area contributed by atoms with Gasteiger partial charge in [0.2, 0.25) is 5.28 Å². The van der Waals surface area contributed by atoms with Crippen molar-refractivity contribution in [1.82, 2.24) is 15.0 Å². The van der Waals surface area contributed by atoms with Gasteiger partial charge in [0.15, 0.2) is 11.5 Å². The molecule has 136 valence electrons. The number of nitrogens with one attached hydrogen (secondary N) is 2. The second-order valence-electron chi connectivity index (χ2n) is 5.24. The molecule has 2 N–H and O–H groups in total. The summed E-state index contributed by atoms with van der Waals surface area (Å²) in [6, 6.07) is 7.11. The maximum absolute atomic E-state index is 12.6. The zero-order chi connectivity index (χ0) is 18.7. The number of hydrogen-bond donors (Lipinski definition) is 2. The maximum atomic E-state index is 12.6. The molecule has 2 heterocycles. The SMILES string of the molecule is CNc1cnc(Cl)nc1NCc1ccc(-c2nc(C(F)(F)F)cs2)cc1. The lowest BCUT2D eigenvalue weighted by atomic mass is 10.1. The molecule has 26 heavy (non-hydrogen) atoms. The van der Waals surface area contributed by atoms with Crippen LogP contribution in [0.3, 0.4) is 0 Å². The quantitative estimate of drug-likeness (QED) is 0.596. The number of rotatable bonds is 5. The molecule has 0 aliphatic heterocycles. The highest BCUT2D eigenvalue weighted by Gasteiger charge is 2.33. The fourth-order valence-electron chi connectivity index (χ4n) is 2.17. The Bertz CT molecular complexity index is 896. The summed E-state index contributed by atoms with van der Waals surface area (Å²) in [5.41, 5.74) is 1.39. The first kappa shape index (κ1) is 18.4. The number of nitrogens with zero attached hydrogens (tertiary/aromatic N) is 3. The Balaban J connectivity index is 1.70. The van der Waals surface area contributed by atoms with Gasteiger partial charge < -0.3 is 10.6 Å². The van der Waals surface area contributed by atoms with Gasteiger partial charge in [-0.3, -0.25) is 0 Å². The standard InChI is InChI=1S/C16H13ClF3N5S/c1-21-11-7-23-15(17)25-13(11)22-6-9-2-4-10(5-3-9)14-24-12(8-26-14)16(18,19)20/h2-5,7-8,21H,6H2,1H3,(H,22,23,25). The smallest absolute Gasteiger partial charge is 0.384 e. The van der Waals surface area contributed by atoms with Crippen LogP contribution in [-0.4, -0.2) is 22.0 Å². The predicted molar refractivity (Wildman–Crippen MR) is 96.5 cm³/mol. The topological polar surface area (TPSA) is 62.7 Å². The van der Waals surface area contributed by atoms with E-state index in [4.69, 9.17) is 11.6 Å². The summed E-state index contributed by atoms with van der Waals surface area (Å²) in [5.74, 6) is 0.561. The van der Waals surface area contributed by atoms with Gasteiger partial charge in [-0.2, -0.15) is 18.2 Å². The number of hydrogen-bond acceptors (Lipinski definition) is 6. The first-order valence-electron chi connectivity index (χ1n) is 7.43. The molecule has 0 unspecified atom stereocenters. The molecular weight excluding hydrogens is 387 g/mol. The minimum absolute atomic E-state index is 0.131. The van der Waals surface area contributed by atoms with Crippen molar-refractivity contribution in [2.45, 2.75) is 12.7 Å². The Hall–Kier alpha value is -2.39. The summed E-state index contributed by atoms with van der Waals surface area (Å²) in [7, 11) is 1.75.